The lowest BCUT2D eigenvalue weighted by Crippen LogP contribution is -2.53. The van der Waals surface area contributed by atoms with Crippen LogP contribution in [0.5, 0.6) is 0 Å². The number of nitrogens with zero attached hydrogens (tertiary/aromatic N) is 2. The van der Waals surface area contributed by atoms with Crippen molar-refractivity contribution < 1.29 is 9.53 Å². The Bertz CT molecular complexity index is 640. The van der Waals surface area contributed by atoms with Crippen LogP contribution in [0.25, 0.3) is 0 Å². The molecule has 0 aromatic carbocycles. The number of aryl methyl sites for hydroxylation is 1. The molecule has 0 radical (unpaired) electrons. The molecular formula is C20H29N3O2. The normalized spacial score (nSPS) is 27.8. The number of carbonyl (C=O) groups excluding carboxylic acids is 1. The van der Waals surface area contributed by atoms with E-state index >= 15 is 0 Å². The minimum absolute atomic E-state index is 0.212. The third kappa shape index (κ3) is 3.26. The lowest BCUT2D eigenvalue weighted by atomic mass is 9.68. The van der Waals surface area contributed by atoms with Gasteiger partial charge >= 0.3 is 0 Å². The van der Waals surface area contributed by atoms with E-state index in [1.165, 1.54) is 18.5 Å². The molecule has 3 aliphatic rings. The molecule has 2 heterocycles. The summed E-state index contributed by atoms with van der Waals surface area (Å²) in [6.07, 6.45) is 7.55. The van der Waals surface area contributed by atoms with E-state index in [1.807, 2.05) is 13.1 Å². The van der Waals surface area contributed by atoms with Gasteiger partial charge in [-0.05, 0) is 50.7 Å². The monoisotopic (exact) mass is 343 g/mol. The van der Waals surface area contributed by atoms with Gasteiger partial charge in [-0.2, -0.15) is 0 Å². The van der Waals surface area contributed by atoms with Crippen LogP contribution in [0, 0.1) is 24.2 Å². The predicted octanol–water partition coefficient (Wildman–Crippen LogP) is 2.54. The summed E-state index contributed by atoms with van der Waals surface area (Å²) in [6.45, 7) is 4.52. The van der Waals surface area contributed by atoms with E-state index < -0.39 is 0 Å². The molecule has 1 aromatic heterocycles. The lowest BCUT2D eigenvalue weighted by molar-refractivity contribution is -0.141. The molecule has 1 aliphatic heterocycles. The van der Waals surface area contributed by atoms with Crippen molar-refractivity contribution in [3.05, 3.63) is 24.0 Å². The van der Waals surface area contributed by atoms with Gasteiger partial charge in [-0.25, -0.2) is 0 Å². The van der Waals surface area contributed by atoms with Crippen LogP contribution in [0.4, 0.5) is 5.69 Å². The molecule has 25 heavy (non-hydrogen) atoms. The molecule has 1 saturated heterocycles. The van der Waals surface area contributed by atoms with Gasteiger partial charge in [-0.15, -0.1) is 0 Å². The van der Waals surface area contributed by atoms with E-state index in [0.717, 1.165) is 44.0 Å². The fourth-order valence-electron chi connectivity index (χ4n) is 4.56. The van der Waals surface area contributed by atoms with Gasteiger partial charge in [0.2, 0.25) is 5.91 Å². The second-order valence-electron chi connectivity index (χ2n) is 8.21. The van der Waals surface area contributed by atoms with Crippen molar-refractivity contribution >= 4 is 11.6 Å². The molecule has 0 unspecified atom stereocenters. The van der Waals surface area contributed by atoms with E-state index in [9.17, 15) is 4.79 Å². The molecule has 0 bridgehead atoms. The minimum atomic E-state index is -0.274. The Balaban J connectivity index is 1.47. The first-order chi connectivity index (χ1) is 12.1. The Labute approximate surface area is 150 Å². The topological polar surface area (TPSA) is 54.5 Å². The number of carbonyl (C=O) groups is 1. The number of anilines is 1. The third-order valence-corrected chi connectivity index (χ3v) is 6.37. The zero-order valence-electron chi connectivity index (χ0n) is 15.3. The summed E-state index contributed by atoms with van der Waals surface area (Å²) in [5.74, 6) is 1.55. The number of amides is 1. The maximum Gasteiger partial charge on any atom is 0.228 e. The molecule has 1 amide bonds. The van der Waals surface area contributed by atoms with Crippen LogP contribution in [0.1, 0.15) is 37.8 Å². The van der Waals surface area contributed by atoms with E-state index in [0.29, 0.717) is 12.5 Å². The highest BCUT2D eigenvalue weighted by Crippen LogP contribution is 2.44. The van der Waals surface area contributed by atoms with Gasteiger partial charge < -0.3 is 15.0 Å². The van der Waals surface area contributed by atoms with Crippen molar-refractivity contribution in [2.24, 2.45) is 17.3 Å². The molecular weight excluding hydrogens is 314 g/mol. The highest BCUT2D eigenvalue weighted by molar-refractivity contribution is 5.84. The van der Waals surface area contributed by atoms with Gasteiger partial charge in [0.25, 0.3) is 0 Å². The highest BCUT2D eigenvalue weighted by atomic mass is 16.5. The average molecular weight is 343 g/mol. The first kappa shape index (κ1) is 16.8. The number of hydrogen-bond donors (Lipinski definition) is 1. The summed E-state index contributed by atoms with van der Waals surface area (Å²) >= 11 is 0. The molecule has 5 heteroatoms. The summed E-state index contributed by atoms with van der Waals surface area (Å²) in [5, 5.41) is 3.42. The smallest absolute Gasteiger partial charge is 0.228 e. The van der Waals surface area contributed by atoms with Crippen molar-refractivity contribution in [1.29, 1.82) is 0 Å². The molecule has 1 N–H and O–H groups in total. The van der Waals surface area contributed by atoms with Gasteiger partial charge in [0.15, 0.2) is 0 Å². The number of pyridine rings is 1. The Morgan fingerprint density at radius 3 is 2.80 bits per heavy atom. The van der Waals surface area contributed by atoms with Crippen molar-refractivity contribution in [3.63, 3.8) is 0 Å². The minimum Gasteiger partial charge on any atom is -0.384 e. The van der Waals surface area contributed by atoms with Crippen LogP contribution in [-0.2, 0) is 9.53 Å². The summed E-state index contributed by atoms with van der Waals surface area (Å²) in [4.78, 5) is 19.7. The maximum atomic E-state index is 13.0. The standard InChI is InChI=1S/C20H29N3O2/c1-14-10-16(6-9-21-14)23-11-17(15-4-5-15)18(12-23)22-19(24)20(13-25-2)7-3-8-20/h6,9-10,15,17-18H,3-5,7-8,11-13H2,1-2H3,(H,22,24)/t17-,18+/m0/s1. The van der Waals surface area contributed by atoms with Crippen molar-refractivity contribution in [2.45, 2.75) is 45.1 Å². The summed E-state index contributed by atoms with van der Waals surface area (Å²) in [7, 11) is 1.70. The SMILES string of the molecule is COCC1(C(=O)N[C@@H]2CN(c3ccnc(C)c3)C[C@H]2C2CC2)CCC1. The number of methoxy groups -OCH3 is 1. The van der Waals surface area contributed by atoms with Gasteiger partial charge in [-0.1, -0.05) is 6.42 Å². The Morgan fingerprint density at radius 2 is 2.20 bits per heavy atom. The Kier molecular flexibility index (Phi) is 4.44. The maximum absolute atomic E-state index is 13.0. The second kappa shape index (κ2) is 6.60. The van der Waals surface area contributed by atoms with Crippen LogP contribution >= 0.6 is 0 Å². The van der Waals surface area contributed by atoms with E-state index in [-0.39, 0.29) is 17.4 Å². The molecule has 2 aliphatic carbocycles. The number of ether oxygens (including phenoxy) is 1. The van der Waals surface area contributed by atoms with Crippen molar-refractivity contribution in [1.82, 2.24) is 10.3 Å². The van der Waals surface area contributed by atoms with Gasteiger partial charge in [0.1, 0.15) is 0 Å². The lowest BCUT2D eigenvalue weighted by Gasteiger charge is -2.40. The van der Waals surface area contributed by atoms with E-state index in [4.69, 9.17) is 4.74 Å². The zero-order valence-corrected chi connectivity index (χ0v) is 15.3. The number of rotatable bonds is 6. The van der Waals surface area contributed by atoms with E-state index in [1.54, 1.807) is 7.11 Å². The molecule has 136 valence electrons. The fraction of sp³-hybridized carbons (Fsp3) is 0.700. The summed E-state index contributed by atoms with van der Waals surface area (Å²) < 4.78 is 5.35. The summed E-state index contributed by atoms with van der Waals surface area (Å²) in [6, 6.07) is 4.48. The molecule has 1 aromatic rings. The quantitative estimate of drug-likeness (QED) is 0.862. The third-order valence-electron chi connectivity index (χ3n) is 6.37. The molecule has 3 fully saturated rings. The molecule has 5 nitrogen and oxygen atoms in total. The number of aromatic nitrogens is 1. The van der Waals surface area contributed by atoms with Crippen molar-refractivity contribution in [3.8, 4) is 0 Å². The zero-order chi connectivity index (χ0) is 17.4. The largest absolute Gasteiger partial charge is 0.384 e. The van der Waals surface area contributed by atoms with Gasteiger partial charge in [-0.3, -0.25) is 9.78 Å². The average Bonchev–Trinajstić information content (AvgIpc) is 3.32. The Morgan fingerprint density at radius 1 is 1.40 bits per heavy atom. The van der Waals surface area contributed by atoms with Crippen molar-refractivity contribution in [2.75, 3.05) is 31.7 Å². The number of nitrogens with one attached hydrogen (secondary N) is 1. The molecule has 2 saturated carbocycles. The Hall–Kier alpha value is -1.62. The van der Waals surface area contributed by atoms with Crippen LogP contribution < -0.4 is 10.2 Å². The first-order valence-electron chi connectivity index (χ1n) is 9.59. The van der Waals surface area contributed by atoms with Crippen LogP contribution in [0.2, 0.25) is 0 Å². The number of hydrogen-bond acceptors (Lipinski definition) is 4. The van der Waals surface area contributed by atoms with Crippen LogP contribution in [0.15, 0.2) is 18.3 Å². The first-order valence-corrected chi connectivity index (χ1v) is 9.59. The second-order valence-corrected chi connectivity index (χ2v) is 8.21. The fourth-order valence-corrected chi connectivity index (χ4v) is 4.56. The van der Waals surface area contributed by atoms with E-state index in [2.05, 4.69) is 27.3 Å². The molecule has 4 rings (SSSR count). The van der Waals surface area contributed by atoms with Crippen LogP contribution in [0.3, 0.4) is 0 Å². The summed E-state index contributed by atoms with van der Waals surface area (Å²) in [5.41, 5.74) is 2.00. The molecule has 2 atom stereocenters. The van der Waals surface area contributed by atoms with Gasteiger partial charge in [0, 0.05) is 43.7 Å². The molecule has 0 spiro atoms. The highest BCUT2D eigenvalue weighted by Gasteiger charge is 2.48. The van der Waals surface area contributed by atoms with Gasteiger partial charge in [0.05, 0.1) is 18.1 Å². The van der Waals surface area contributed by atoms with Crippen LogP contribution in [-0.4, -0.2) is 43.7 Å². The predicted molar refractivity (Wildman–Crippen MR) is 97.5 cm³/mol.